The molecule has 3 rings (SSSR count). The maximum atomic E-state index is 12.2. The molecule has 6 nitrogen and oxygen atoms in total. The Balaban J connectivity index is 1.57. The van der Waals surface area contributed by atoms with Crippen molar-refractivity contribution < 1.29 is 14.3 Å². The molecule has 1 fully saturated rings. The van der Waals surface area contributed by atoms with Gasteiger partial charge in [-0.05, 0) is 61.7 Å². The lowest BCUT2D eigenvalue weighted by molar-refractivity contribution is -0.116. The van der Waals surface area contributed by atoms with Gasteiger partial charge < -0.3 is 20.1 Å². The number of carbonyl (C=O) groups excluding carboxylic acids is 1. The summed E-state index contributed by atoms with van der Waals surface area (Å²) in [5, 5.41) is 6.28. The average Bonchev–Trinajstić information content (AvgIpc) is 3.19. The molecule has 1 aromatic carbocycles. The highest BCUT2D eigenvalue weighted by atomic mass is 16.5. The molecule has 26 heavy (non-hydrogen) atoms. The molecule has 2 aromatic rings. The number of rotatable bonds is 8. The largest absolute Gasteiger partial charge is 0.493 e. The fourth-order valence-electron chi connectivity index (χ4n) is 3.03. The third-order valence-corrected chi connectivity index (χ3v) is 4.53. The summed E-state index contributed by atoms with van der Waals surface area (Å²) < 4.78 is 11.2. The normalized spacial score (nSPS) is 16.3. The predicted octanol–water partition coefficient (Wildman–Crippen LogP) is 3.00. The van der Waals surface area contributed by atoms with Crippen molar-refractivity contribution in [3.63, 3.8) is 0 Å². The second-order valence-corrected chi connectivity index (χ2v) is 6.46. The summed E-state index contributed by atoms with van der Waals surface area (Å²) in [6.45, 7) is 2.48. The van der Waals surface area contributed by atoms with Gasteiger partial charge in [0.1, 0.15) is 6.61 Å². The third kappa shape index (κ3) is 5.20. The van der Waals surface area contributed by atoms with Crippen molar-refractivity contribution in [2.75, 3.05) is 25.5 Å². The lowest BCUT2D eigenvalue weighted by Gasteiger charge is -2.13. The Hall–Kier alpha value is -2.60. The zero-order valence-electron chi connectivity index (χ0n) is 15.0. The number of hydrogen-bond acceptors (Lipinski definition) is 5. The lowest BCUT2D eigenvalue weighted by Crippen LogP contribution is -2.15. The molecule has 0 spiro atoms. The first-order valence-corrected chi connectivity index (χ1v) is 8.95. The van der Waals surface area contributed by atoms with Crippen LogP contribution in [0, 0.1) is 5.92 Å². The Morgan fingerprint density at radius 2 is 2.12 bits per heavy atom. The van der Waals surface area contributed by atoms with Crippen LogP contribution < -0.4 is 20.1 Å². The number of carbonyl (C=O) groups is 1. The number of nitrogens with one attached hydrogen (secondary N) is 2. The third-order valence-electron chi connectivity index (χ3n) is 4.53. The number of nitrogens with zero attached hydrogens (tertiary/aromatic N) is 1. The topological polar surface area (TPSA) is 72.5 Å². The Labute approximate surface area is 153 Å². The standard InChI is InChI=1S/C20H25N3O3/c1-25-18-4-3-17(23-20(24)5-2-15-6-11-22-13-15)12-19(18)26-14-16-7-9-21-10-8-16/h3-4,7-10,12,15,22H,2,5-6,11,13-14H2,1H3,(H,23,24). The quantitative estimate of drug-likeness (QED) is 0.762. The van der Waals surface area contributed by atoms with E-state index in [1.165, 1.54) is 0 Å². The van der Waals surface area contributed by atoms with E-state index in [4.69, 9.17) is 9.47 Å². The second kappa shape index (κ2) is 9.20. The highest BCUT2D eigenvalue weighted by molar-refractivity contribution is 5.91. The summed E-state index contributed by atoms with van der Waals surface area (Å²) in [6, 6.07) is 9.23. The van der Waals surface area contributed by atoms with Gasteiger partial charge >= 0.3 is 0 Å². The minimum Gasteiger partial charge on any atom is -0.493 e. The molecule has 0 bridgehead atoms. The van der Waals surface area contributed by atoms with E-state index in [0.717, 1.165) is 31.5 Å². The number of pyridine rings is 1. The Morgan fingerprint density at radius 3 is 2.85 bits per heavy atom. The van der Waals surface area contributed by atoms with Crippen molar-refractivity contribution >= 4 is 11.6 Å². The van der Waals surface area contributed by atoms with Crippen LogP contribution >= 0.6 is 0 Å². The van der Waals surface area contributed by atoms with Gasteiger partial charge in [0, 0.05) is 30.6 Å². The van der Waals surface area contributed by atoms with E-state index < -0.39 is 0 Å². The van der Waals surface area contributed by atoms with Crippen molar-refractivity contribution in [3.8, 4) is 11.5 Å². The number of benzene rings is 1. The van der Waals surface area contributed by atoms with E-state index in [-0.39, 0.29) is 5.91 Å². The molecular weight excluding hydrogens is 330 g/mol. The number of amides is 1. The van der Waals surface area contributed by atoms with Crippen molar-refractivity contribution in [2.45, 2.75) is 25.9 Å². The van der Waals surface area contributed by atoms with Gasteiger partial charge in [-0.1, -0.05) is 0 Å². The van der Waals surface area contributed by atoms with Crippen LogP contribution in [0.25, 0.3) is 0 Å². The van der Waals surface area contributed by atoms with Crippen LogP contribution in [0.2, 0.25) is 0 Å². The Kier molecular flexibility index (Phi) is 6.44. The Morgan fingerprint density at radius 1 is 1.27 bits per heavy atom. The molecule has 1 aliphatic rings. The summed E-state index contributed by atoms with van der Waals surface area (Å²) in [6.07, 6.45) is 6.06. The van der Waals surface area contributed by atoms with Crippen LogP contribution in [0.5, 0.6) is 11.5 Å². The van der Waals surface area contributed by atoms with Crippen LogP contribution in [0.15, 0.2) is 42.7 Å². The summed E-state index contributed by atoms with van der Waals surface area (Å²) >= 11 is 0. The van der Waals surface area contributed by atoms with E-state index in [1.54, 1.807) is 31.6 Å². The van der Waals surface area contributed by atoms with Gasteiger partial charge in [0.15, 0.2) is 11.5 Å². The fraction of sp³-hybridized carbons (Fsp3) is 0.400. The summed E-state index contributed by atoms with van der Waals surface area (Å²) in [5.74, 6) is 1.87. The molecule has 6 heteroatoms. The van der Waals surface area contributed by atoms with Gasteiger partial charge in [-0.15, -0.1) is 0 Å². The van der Waals surface area contributed by atoms with Gasteiger partial charge in [0.25, 0.3) is 0 Å². The minimum absolute atomic E-state index is 0.0298. The van der Waals surface area contributed by atoms with Gasteiger partial charge in [0.2, 0.25) is 5.91 Å². The molecule has 1 amide bonds. The van der Waals surface area contributed by atoms with Crippen molar-refractivity contribution in [1.29, 1.82) is 0 Å². The predicted molar refractivity (Wildman–Crippen MR) is 100 cm³/mol. The zero-order chi connectivity index (χ0) is 18.2. The van der Waals surface area contributed by atoms with Crippen molar-refractivity contribution in [1.82, 2.24) is 10.3 Å². The van der Waals surface area contributed by atoms with E-state index in [9.17, 15) is 4.79 Å². The molecule has 0 saturated carbocycles. The molecule has 0 aliphatic carbocycles. The number of ether oxygens (including phenoxy) is 2. The summed E-state index contributed by atoms with van der Waals surface area (Å²) in [7, 11) is 1.60. The average molecular weight is 355 g/mol. The zero-order valence-corrected chi connectivity index (χ0v) is 15.0. The molecule has 1 aliphatic heterocycles. The van der Waals surface area contributed by atoms with E-state index in [0.29, 0.717) is 36.1 Å². The summed E-state index contributed by atoms with van der Waals surface area (Å²) in [4.78, 5) is 16.2. The van der Waals surface area contributed by atoms with Gasteiger partial charge in [-0.3, -0.25) is 9.78 Å². The maximum absolute atomic E-state index is 12.2. The first-order chi connectivity index (χ1) is 12.7. The van der Waals surface area contributed by atoms with Gasteiger partial charge in [0.05, 0.1) is 7.11 Å². The first-order valence-electron chi connectivity index (χ1n) is 8.95. The van der Waals surface area contributed by atoms with Crippen LogP contribution in [0.1, 0.15) is 24.8 Å². The lowest BCUT2D eigenvalue weighted by atomic mass is 10.0. The van der Waals surface area contributed by atoms with Gasteiger partial charge in [-0.2, -0.15) is 0 Å². The number of hydrogen-bond donors (Lipinski definition) is 2. The molecule has 2 heterocycles. The Bertz CT molecular complexity index is 715. The molecule has 1 unspecified atom stereocenters. The molecule has 1 atom stereocenters. The molecule has 1 saturated heterocycles. The van der Waals surface area contributed by atoms with E-state index >= 15 is 0 Å². The smallest absolute Gasteiger partial charge is 0.224 e. The molecule has 1 aromatic heterocycles. The van der Waals surface area contributed by atoms with Crippen LogP contribution in [0.4, 0.5) is 5.69 Å². The molecular formula is C20H25N3O3. The number of methoxy groups -OCH3 is 1. The van der Waals surface area contributed by atoms with E-state index in [1.807, 2.05) is 18.2 Å². The first kappa shape index (κ1) is 18.2. The molecule has 2 N–H and O–H groups in total. The maximum Gasteiger partial charge on any atom is 0.224 e. The second-order valence-electron chi connectivity index (χ2n) is 6.46. The SMILES string of the molecule is COc1ccc(NC(=O)CCC2CCNC2)cc1OCc1ccncc1. The molecule has 138 valence electrons. The van der Waals surface area contributed by atoms with Gasteiger partial charge in [-0.25, -0.2) is 0 Å². The van der Waals surface area contributed by atoms with Crippen LogP contribution in [-0.2, 0) is 11.4 Å². The fourth-order valence-corrected chi connectivity index (χ4v) is 3.03. The molecule has 0 radical (unpaired) electrons. The van der Waals surface area contributed by atoms with E-state index in [2.05, 4.69) is 15.6 Å². The van der Waals surface area contributed by atoms with Crippen LogP contribution in [0.3, 0.4) is 0 Å². The van der Waals surface area contributed by atoms with Crippen molar-refractivity contribution in [3.05, 3.63) is 48.3 Å². The minimum atomic E-state index is 0.0298. The number of anilines is 1. The van der Waals surface area contributed by atoms with Crippen molar-refractivity contribution in [2.24, 2.45) is 5.92 Å². The summed E-state index contributed by atoms with van der Waals surface area (Å²) in [5.41, 5.74) is 1.73. The highest BCUT2D eigenvalue weighted by Gasteiger charge is 2.16. The number of aromatic nitrogens is 1. The monoisotopic (exact) mass is 355 g/mol. The highest BCUT2D eigenvalue weighted by Crippen LogP contribution is 2.31. The van der Waals surface area contributed by atoms with Crippen LogP contribution in [-0.4, -0.2) is 31.1 Å².